The Balaban J connectivity index is 1.99. The Bertz CT molecular complexity index is 493. The molecule has 4 heteroatoms. The third-order valence-corrected chi connectivity index (χ3v) is 3.76. The zero-order valence-corrected chi connectivity index (χ0v) is 11.2. The van der Waals surface area contributed by atoms with Gasteiger partial charge in [0, 0.05) is 5.38 Å². The van der Waals surface area contributed by atoms with Crippen LogP contribution in [0.1, 0.15) is 16.3 Å². The van der Waals surface area contributed by atoms with Crippen LogP contribution in [0.5, 0.6) is 0 Å². The van der Waals surface area contributed by atoms with E-state index in [-0.39, 0.29) is 5.82 Å². The first-order valence-corrected chi connectivity index (χ1v) is 6.91. The molecular weight excluding hydrogens is 247 g/mol. The summed E-state index contributed by atoms with van der Waals surface area (Å²) in [5.74, 6) is 0.162. The summed E-state index contributed by atoms with van der Waals surface area (Å²) in [6.07, 6.45) is 1.76. The maximum absolute atomic E-state index is 12.8. The number of thiazole rings is 1. The van der Waals surface area contributed by atoms with Crippen LogP contribution in [0.4, 0.5) is 4.39 Å². The van der Waals surface area contributed by atoms with Gasteiger partial charge in [0.25, 0.3) is 0 Å². The van der Waals surface area contributed by atoms with Gasteiger partial charge in [0.15, 0.2) is 0 Å². The summed E-state index contributed by atoms with van der Waals surface area (Å²) >= 11 is 1.66. The molecule has 0 radical (unpaired) electrons. The summed E-state index contributed by atoms with van der Waals surface area (Å²) in [5.41, 5.74) is 8.04. The lowest BCUT2D eigenvalue weighted by atomic mass is 9.95. The molecule has 0 spiro atoms. The zero-order valence-electron chi connectivity index (χ0n) is 10.4. The summed E-state index contributed by atoms with van der Waals surface area (Å²) in [6.45, 7) is 2.62. The van der Waals surface area contributed by atoms with E-state index in [1.165, 1.54) is 12.1 Å². The summed E-state index contributed by atoms with van der Waals surface area (Å²) < 4.78 is 12.8. The van der Waals surface area contributed by atoms with E-state index in [0.717, 1.165) is 29.1 Å². The molecule has 2 rings (SSSR count). The number of halogens is 1. The lowest BCUT2D eigenvalue weighted by Gasteiger charge is -2.13. The Morgan fingerprint density at radius 3 is 2.56 bits per heavy atom. The van der Waals surface area contributed by atoms with Crippen molar-refractivity contribution in [3.63, 3.8) is 0 Å². The van der Waals surface area contributed by atoms with E-state index >= 15 is 0 Å². The van der Waals surface area contributed by atoms with Gasteiger partial charge in [0.1, 0.15) is 5.82 Å². The van der Waals surface area contributed by atoms with Crippen LogP contribution in [0.15, 0.2) is 29.6 Å². The molecule has 0 fully saturated rings. The zero-order chi connectivity index (χ0) is 13.0. The fourth-order valence-electron chi connectivity index (χ4n) is 1.99. The topological polar surface area (TPSA) is 38.9 Å². The molecule has 0 bridgehead atoms. The quantitative estimate of drug-likeness (QED) is 0.901. The van der Waals surface area contributed by atoms with Crippen molar-refractivity contribution in [2.24, 2.45) is 11.7 Å². The predicted molar refractivity (Wildman–Crippen MR) is 73.2 cm³/mol. The predicted octanol–water partition coefficient (Wildman–Crippen LogP) is 2.95. The average molecular weight is 264 g/mol. The van der Waals surface area contributed by atoms with Crippen LogP contribution < -0.4 is 5.73 Å². The minimum atomic E-state index is -0.196. The second kappa shape index (κ2) is 6.07. The molecule has 0 aliphatic rings. The van der Waals surface area contributed by atoms with Crippen LogP contribution in [-0.4, -0.2) is 11.5 Å². The molecule has 0 aliphatic heterocycles. The van der Waals surface area contributed by atoms with E-state index in [9.17, 15) is 4.39 Å². The molecule has 1 atom stereocenters. The molecule has 1 aromatic carbocycles. The SMILES string of the molecule is Cc1nc(CC(CN)Cc2ccc(F)cc2)cs1. The van der Waals surface area contributed by atoms with Gasteiger partial charge in [0.05, 0.1) is 10.7 Å². The molecule has 18 heavy (non-hydrogen) atoms. The van der Waals surface area contributed by atoms with Crippen LogP contribution in [0, 0.1) is 18.7 Å². The number of nitrogens with zero attached hydrogens (tertiary/aromatic N) is 1. The fraction of sp³-hybridized carbons (Fsp3) is 0.357. The molecule has 0 saturated heterocycles. The molecule has 2 nitrogen and oxygen atoms in total. The molecule has 96 valence electrons. The van der Waals surface area contributed by atoms with Crippen molar-refractivity contribution >= 4 is 11.3 Å². The fourth-order valence-corrected chi connectivity index (χ4v) is 2.62. The number of aromatic nitrogens is 1. The van der Waals surface area contributed by atoms with Gasteiger partial charge in [0.2, 0.25) is 0 Å². The number of hydrogen-bond donors (Lipinski definition) is 1. The number of benzene rings is 1. The van der Waals surface area contributed by atoms with Crippen LogP contribution in [0.3, 0.4) is 0 Å². The highest BCUT2D eigenvalue weighted by molar-refractivity contribution is 7.09. The maximum Gasteiger partial charge on any atom is 0.123 e. The molecule has 1 aromatic heterocycles. The Hall–Kier alpha value is -1.26. The van der Waals surface area contributed by atoms with Crippen LogP contribution in [-0.2, 0) is 12.8 Å². The number of nitrogens with two attached hydrogens (primary N) is 1. The van der Waals surface area contributed by atoms with E-state index < -0.39 is 0 Å². The Morgan fingerprint density at radius 1 is 1.28 bits per heavy atom. The highest BCUT2D eigenvalue weighted by Crippen LogP contribution is 2.16. The first-order chi connectivity index (χ1) is 8.67. The number of rotatable bonds is 5. The second-order valence-corrected chi connectivity index (χ2v) is 5.56. The third-order valence-electron chi connectivity index (χ3n) is 2.94. The first kappa shape index (κ1) is 13.2. The maximum atomic E-state index is 12.8. The number of aryl methyl sites for hydroxylation is 1. The first-order valence-electron chi connectivity index (χ1n) is 6.03. The van der Waals surface area contributed by atoms with Crippen molar-refractivity contribution in [3.8, 4) is 0 Å². The summed E-state index contributed by atoms with van der Waals surface area (Å²) in [4.78, 5) is 4.46. The van der Waals surface area contributed by atoms with Crippen molar-refractivity contribution in [1.82, 2.24) is 4.98 Å². The Morgan fingerprint density at radius 2 is 2.00 bits per heavy atom. The molecule has 2 N–H and O–H groups in total. The summed E-state index contributed by atoms with van der Waals surface area (Å²) in [5, 5.41) is 3.17. The lowest BCUT2D eigenvalue weighted by Crippen LogP contribution is -2.19. The van der Waals surface area contributed by atoms with Gasteiger partial charge in [-0.2, -0.15) is 0 Å². The van der Waals surface area contributed by atoms with Crippen LogP contribution in [0.25, 0.3) is 0 Å². The lowest BCUT2D eigenvalue weighted by molar-refractivity contribution is 0.527. The Labute approximate surface area is 111 Å². The molecule has 0 aliphatic carbocycles. The van der Waals surface area contributed by atoms with E-state index in [2.05, 4.69) is 10.4 Å². The van der Waals surface area contributed by atoms with E-state index in [4.69, 9.17) is 5.73 Å². The molecule has 2 aromatic rings. The van der Waals surface area contributed by atoms with Crippen molar-refractivity contribution in [2.45, 2.75) is 19.8 Å². The van der Waals surface area contributed by atoms with E-state index in [1.807, 2.05) is 19.1 Å². The standard InChI is InChI=1S/C14H17FN2S/c1-10-17-14(9-18-10)7-12(8-16)6-11-2-4-13(15)5-3-11/h2-5,9,12H,6-8,16H2,1H3. The smallest absolute Gasteiger partial charge is 0.123 e. The van der Waals surface area contributed by atoms with Gasteiger partial charge in [-0.3, -0.25) is 0 Å². The second-order valence-electron chi connectivity index (χ2n) is 4.49. The average Bonchev–Trinajstić information content (AvgIpc) is 2.77. The van der Waals surface area contributed by atoms with E-state index in [1.54, 1.807) is 11.3 Å². The minimum Gasteiger partial charge on any atom is -0.330 e. The van der Waals surface area contributed by atoms with Gasteiger partial charge in [-0.05, 0) is 49.9 Å². The minimum absolute atomic E-state index is 0.196. The van der Waals surface area contributed by atoms with Crippen LogP contribution in [0.2, 0.25) is 0 Å². The third kappa shape index (κ3) is 3.62. The van der Waals surface area contributed by atoms with Gasteiger partial charge in [-0.15, -0.1) is 11.3 Å². The van der Waals surface area contributed by atoms with Gasteiger partial charge < -0.3 is 5.73 Å². The molecule has 1 unspecified atom stereocenters. The molecule has 1 heterocycles. The van der Waals surface area contributed by atoms with Gasteiger partial charge >= 0.3 is 0 Å². The summed E-state index contributed by atoms with van der Waals surface area (Å²) in [7, 11) is 0. The number of hydrogen-bond acceptors (Lipinski definition) is 3. The highest BCUT2D eigenvalue weighted by atomic mass is 32.1. The highest BCUT2D eigenvalue weighted by Gasteiger charge is 2.11. The summed E-state index contributed by atoms with van der Waals surface area (Å²) in [6, 6.07) is 6.64. The molecular formula is C14H17FN2S. The molecule has 0 amide bonds. The van der Waals surface area contributed by atoms with Gasteiger partial charge in [-0.25, -0.2) is 9.37 Å². The van der Waals surface area contributed by atoms with Gasteiger partial charge in [-0.1, -0.05) is 12.1 Å². The van der Waals surface area contributed by atoms with E-state index in [0.29, 0.717) is 12.5 Å². The van der Waals surface area contributed by atoms with Crippen molar-refractivity contribution in [1.29, 1.82) is 0 Å². The Kier molecular flexibility index (Phi) is 4.44. The monoisotopic (exact) mass is 264 g/mol. The van der Waals surface area contributed by atoms with Crippen molar-refractivity contribution in [2.75, 3.05) is 6.54 Å². The van der Waals surface area contributed by atoms with Crippen molar-refractivity contribution < 1.29 is 4.39 Å². The van der Waals surface area contributed by atoms with Crippen molar-refractivity contribution in [3.05, 3.63) is 51.7 Å². The molecule has 0 saturated carbocycles. The normalized spacial score (nSPS) is 12.6. The largest absolute Gasteiger partial charge is 0.330 e. The van der Waals surface area contributed by atoms with Crippen LogP contribution >= 0.6 is 11.3 Å².